The quantitative estimate of drug-likeness (QED) is 0.142. The van der Waals surface area contributed by atoms with Crippen molar-refractivity contribution in [2.75, 3.05) is 31.7 Å². The summed E-state index contributed by atoms with van der Waals surface area (Å²) in [7, 11) is 0. The van der Waals surface area contributed by atoms with E-state index in [1.54, 1.807) is 12.1 Å². The first kappa shape index (κ1) is 28.5. The van der Waals surface area contributed by atoms with Gasteiger partial charge in [-0.1, -0.05) is 17.7 Å². The highest BCUT2D eigenvalue weighted by molar-refractivity contribution is 6.32. The van der Waals surface area contributed by atoms with Crippen LogP contribution >= 0.6 is 11.6 Å². The largest absolute Gasteiger partial charge is 0.456 e. The molecule has 208 valence electrons. The Hall–Kier alpha value is -3.48. The molecule has 13 heteroatoms. The lowest BCUT2D eigenvalue weighted by Gasteiger charge is -2.14. The summed E-state index contributed by atoms with van der Waals surface area (Å²) in [6.45, 7) is 1.10. The Labute approximate surface area is 225 Å². The molecule has 0 unspecified atom stereocenters. The standard InChI is InChI=1S/C26H24ClF5N4O3/c1-25(28,29)15-38-12-11-37-10-9-36-8-7-21-23(36)24(34-16-33-21)35-18-5-6-22(20(27)14-18)39-19-4-2-3-17(13-19)26(30,31)32/h2-8,13-14,16H,9-12,15H2,1H3,(H,33,34,35). The number of nitrogens with one attached hydrogen (secondary N) is 1. The number of fused-ring (bicyclic) bond motifs is 1. The van der Waals surface area contributed by atoms with Gasteiger partial charge < -0.3 is 24.1 Å². The topological polar surface area (TPSA) is 70.4 Å². The van der Waals surface area contributed by atoms with Crippen molar-refractivity contribution in [1.29, 1.82) is 0 Å². The first-order valence-electron chi connectivity index (χ1n) is 11.7. The van der Waals surface area contributed by atoms with Crippen LogP contribution < -0.4 is 10.1 Å². The first-order valence-corrected chi connectivity index (χ1v) is 12.1. The molecule has 2 aromatic carbocycles. The molecule has 0 spiro atoms. The van der Waals surface area contributed by atoms with Crippen LogP contribution in [0.4, 0.5) is 33.5 Å². The van der Waals surface area contributed by atoms with Crippen molar-refractivity contribution >= 4 is 34.1 Å². The molecular formula is C26H24ClF5N4O3. The van der Waals surface area contributed by atoms with Gasteiger partial charge in [0.2, 0.25) is 0 Å². The van der Waals surface area contributed by atoms with Gasteiger partial charge in [0, 0.05) is 25.4 Å². The summed E-state index contributed by atoms with van der Waals surface area (Å²) in [4.78, 5) is 8.59. The number of hydrogen-bond donors (Lipinski definition) is 1. The number of alkyl halides is 5. The number of hydrogen-bond acceptors (Lipinski definition) is 6. The van der Waals surface area contributed by atoms with Gasteiger partial charge in [-0.25, -0.2) is 18.7 Å². The number of benzene rings is 2. The third kappa shape index (κ3) is 8.01. The molecule has 0 atom stereocenters. The van der Waals surface area contributed by atoms with Gasteiger partial charge in [-0.3, -0.25) is 0 Å². The van der Waals surface area contributed by atoms with Crippen molar-refractivity contribution in [1.82, 2.24) is 14.5 Å². The third-order valence-electron chi connectivity index (χ3n) is 5.34. The summed E-state index contributed by atoms with van der Waals surface area (Å²) in [5, 5.41) is 3.35. The number of aromatic nitrogens is 3. The van der Waals surface area contributed by atoms with E-state index in [1.807, 2.05) is 16.8 Å². The first-order chi connectivity index (χ1) is 18.5. The summed E-state index contributed by atoms with van der Waals surface area (Å²) in [6.07, 6.45) is -1.27. The molecule has 0 saturated heterocycles. The molecule has 0 saturated carbocycles. The fourth-order valence-electron chi connectivity index (χ4n) is 3.61. The van der Waals surface area contributed by atoms with Gasteiger partial charge in [-0.05, 0) is 42.5 Å². The average molecular weight is 571 g/mol. The van der Waals surface area contributed by atoms with E-state index in [1.165, 1.54) is 24.5 Å². The predicted octanol–water partition coefficient (Wildman–Crippen LogP) is 7.33. The predicted molar refractivity (Wildman–Crippen MR) is 136 cm³/mol. The van der Waals surface area contributed by atoms with E-state index < -0.39 is 24.3 Å². The molecule has 7 nitrogen and oxygen atoms in total. The summed E-state index contributed by atoms with van der Waals surface area (Å²) < 4.78 is 82.3. The molecular weight excluding hydrogens is 547 g/mol. The number of ether oxygens (including phenoxy) is 3. The van der Waals surface area contributed by atoms with Gasteiger partial charge in [-0.2, -0.15) is 13.2 Å². The van der Waals surface area contributed by atoms with Crippen LogP contribution in [0.3, 0.4) is 0 Å². The molecule has 4 rings (SSSR count). The van der Waals surface area contributed by atoms with Gasteiger partial charge in [0.15, 0.2) is 5.82 Å². The van der Waals surface area contributed by atoms with Gasteiger partial charge in [0.25, 0.3) is 5.92 Å². The molecule has 2 heterocycles. The van der Waals surface area contributed by atoms with E-state index in [0.29, 0.717) is 35.7 Å². The Bertz CT molecular complexity index is 1410. The van der Waals surface area contributed by atoms with Gasteiger partial charge in [0.05, 0.1) is 35.9 Å². The normalized spacial score (nSPS) is 12.2. The molecule has 0 amide bonds. The minimum absolute atomic E-state index is 0.000135. The van der Waals surface area contributed by atoms with Crippen LogP contribution in [0.25, 0.3) is 11.0 Å². The second kappa shape index (κ2) is 12.1. The number of rotatable bonds is 12. The van der Waals surface area contributed by atoms with Crippen LogP contribution in [-0.2, 0) is 22.2 Å². The van der Waals surface area contributed by atoms with E-state index in [9.17, 15) is 22.0 Å². The molecule has 4 aromatic rings. The van der Waals surface area contributed by atoms with E-state index in [4.69, 9.17) is 25.8 Å². The molecule has 2 aromatic heterocycles. The van der Waals surface area contributed by atoms with Crippen molar-refractivity contribution in [3.63, 3.8) is 0 Å². The van der Waals surface area contributed by atoms with E-state index >= 15 is 0 Å². The Morgan fingerprint density at radius 1 is 0.949 bits per heavy atom. The second-order valence-electron chi connectivity index (χ2n) is 8.60. The van der Waals surface area contributed by atoms with E-state index in [0.717, 1.165) is 19.1 Å². The Kier molecular flexibility index (Phi) is 8.88. The minimum atomic E-state index is -4.49. The van der Waals surface area contributed by atoms with Crippen LogP contribution in [0.1, 0.15) is 12.5 Å². The fraction of sp³-hybridized carbons (Fsp3) is 0.308. The zero-order valence-corrected chi connectivity index (χ0v) is 21.4. The monoisotopic (exact) mass is 570 g/mol. The highest BCUT2D eigenvalue weighted by atomic mass is 35.5. The minimum Gasteiger partial charge on any atom is -0.456 e. The zero-order valence-electron chi connectivity index (χ0n) is 20.6. The molecule has 0 aliphatic carbocycles. The number of anilines is 2. The molecule has 0 bridgehead atoms. The van der Waals surface area contributed by atoms with Crippen LogP contribution in [-0.4, -0.2) is 46.9 Å². The molecule has 0 radical (unpaired) electrons. The van der Waals surface area contributed by atoms with Crippen molar-refractivity contribution in [2.45, 2.75) is 25.6 Å². The van der Waals surface area contributed by atoms with Gasteiger partial charge in [-0.15, -0.1) is 0 Å². The molecule has 0 fully saturated rings. The average Bonchev–Trinajstić information content (AvgIpc) is 3.28. The molecule has 0 aliphatic heterocycles. The lowest BCUT2D eigenvalue weighted by atomic mass is 10.2. The maximum absolute atomic E-state index is 13.0. The fourth-order valence-corrected chi connectivity index (χ4v) is 3.82. The van der Waals surface area contributed by atoms with E-state index in [2.05, 4.69) is 15.3 Å². The Balaban J connectivity index is 1.40. The van der Waals surface area contributed by atoms with Crippen LogP contribution in [0.2, 0.25) is 5.02 Å². The molecule has 0 aliphatic rings. The van der Waals surface area contributed by atoms with Crippen molar-refractivity contribution in [2.24, 2.45) is 0 Å². The van der Waals surface area contributed by atoms with Crippen LogP contribution in [0, 0.1) is 0 Å². The Morgan fingerprint density at radius 3 is 2.49 bits per heavy atom. The van der Waals surface area contributed by atoms with Crippen molar-refractivity contribution in [3.8, 4) is 11.5 Å². The van der Waals surface area contributed by atoms with Gasteiger partial charge >= 0.3 is 6.18 Å². The summed E-state index contributed by atoms with van der Waals surface area (Å²) >= 11 is 6.36. The van der Waals surface area contributed by atoms with Gasteiger partial charge in [0.1, 0.15) is 29.9 Å². The van der Waals surface area contributed by atoms with E-state index in [-0.39, 0.29) is 29.7 Å². The lowest BCUT2D eigenvalue weighted by Crippen LogP contribution is -2.20. The molecule has 1 N–H and O–H groups in total. The highest BCUT2D eigenvalue weighted by Crippen LogP contribution is 2.36. The number of nitrogens with zero attached hydrogens (tertiary/aromatic N) is 3. The van der Waals surface area contributed by atoms with Crippen molar-refractivity contribution in [3.05, 3.63) is 71.6 Å². The summed E-state index contributed by atoms with van der Waals surface area (Å²) in [6, 6.07) is 11.1. The number of halogens is 6. The van der Waals surface area contributed by atoms with Crippen LogP contribution in [0.5, 0.6) is 11.5 Å². The van der Waals surface area contributed by atoms with Crippen molar-refractivity contribution < 1.29 is 36.2 Å². The summed E-state index contributed by atoms with van der Waals surface area (Å²) in [5.74, 6) is -2.21. The molecule has 39 heavy (non-hydrogen) atoms. The Morgan fingerprint density at radius 2 is 1.74 bits per heavy atom. The SMILES string of the molecule is CC(F)(F)COCCOCCn1ccc2ncnc(Nc3ccc(Oc4cccc(C(F)(F)F)c4)c(Cl)c3)c21. The lowest BCUT2D eigenvalue weighted by molar-refractivity contribution is -0.137. The second-order valence-corrected chi connectivity index (χ2v) is 9.01. The third-order valence-corrected chi connectivity index (χ3v) is 5.63. The summed E-state index contributed by atoms with van der Waals surface area (Å²) in [5.41, 5.74) is 1.11. The zero-order chi connectivity index (χ0) is 28.0. The highest BCUT2D eigenvalue weighted by Gasteiger charge is 2.30. The smallest absolute Gasteiger partial charge is 0.416 e. The maximum Gasteiger partial charge on any atom is 0.416 e. The maximum atomic E-state index is 13.0. The van der Waals surface area contributed by atoms with Crippen LogP contribution in [0.15, 0.2) is 61.1 Å².